The topological polar surface area (TPSA) is 63.4 Å². The molecular formula is C12H14N2O2S. The van der Waals surface area contributed by atoms with Crippen LogP contribution in [0.5, 0.6) is 0 Å². The summed E-state index contributed by atoms with van der Waals surface area (Å²) in [7, 11) is -1.23. The first kappa shape index (κ1) is 12.0. The van der Waals surface area contributed by atoms with E-state index in [0.717, 1.165) is 10.5 Å². The number of rotatable bonds is 3. The summed E-state index contributed by atoms with van der Waals surface area (Å²) in [5, 5.41) is 0. The van der Waals surface area contributed by atoms with Crippen molar-refractivity contribution in [3.63, 3.8) is 0 Å². The number of hydrogen-bond donors (Lipinski definition) is 1. The number of nitrogens with two attached hydrogens (primary N) is 1. The van der Waals surface area contributed by atoms with E-state index in [1.807, 2.05) is 31.2 Å². The van der Waals surface area contributed by atoms with Crippen LogP contribution < -0.4 is 5.73 Å². The first-order valence-electron chi connectivity index (χ1n) is 5.30. The summed E-state index contributed by atoms with van der Waals surface area (Å²) < 4.78 is 13.9. The number of primary amides is 1. The average Bonchev–Trinajstić information content (AvgIpc) is 2.77. The van der Waals surface area contributed by atoms with Gasteiger partial charge in [-0.3, -0.25) is 4.79 Å². The van der Waals surface area contributed by atoms with Crippen molar-refractivity contribution in [1.29, 1.82) is 0 Å². The van der Waals surface area contributed by atoms with Crippen LogP contribution in [-0.2, 0) is 15.8 Å². The largest absolute Gasteiger partial charge is 0.366 e. The molecule has 4 nitrogen and oxygen atoms in total. The monoisotopic (exact) mass is 250 g/mol. The minimum Gasteiger partial charge on any atom is -0.366 e. The molecule has 1 amide bonds. The quantitative estimate of drug-likeness (QED) is 0.860. The van der Waals surface area contributed by atoms with Crippen LogP contribution in [-0.4, -0.2) is 27.5 Å². The summed E-state index contributed by atoms with van der Waals surface area (Å²) in [5.41, 5.74) is 6.79. The van der Waals surface area contributed by atoms with E-state index in [-0.39, 0.29) is 0 Å². The Morgan fingerprint density at radius 1 is 1.47 bits per heavy atom. The van der Waals surface area contributed by atoms with Gasteiger partial charge in [0.15, 0.2) is 0 Å². The van der Waals surface area contributed by atoms with E-state index >= 15 is 0 Å². The first-order valence-corrected chi connectivity index (χ1v) is 6.41. The van der Waals surface area contributed by atoms with Crippen LogP contribution in [0.25, 0.3) is 0 Å². The molecule has 1 unspecified atom stereocenters. The normalized spacial score (nSPS) is 17.8. The van der Waals surface area contributed by atoms with Gasteiger partial charge in [-0.05, 0) is 24.6 Å². The van der Waals surface area contributed by atoms with E-state index < -0.39 is 16.9 Å². The third-order valence-corrected chi connectivity index (χ3v) is 4.03. The van der Waals surface area contributed by atoms with E-state index in [1.54, 1.807) is 10.4 Å². The second-order valence-corrected chi connectivity index (χ2v) is 5.47. The molecule has 0 fully saturated rings. The van der Waals surface area contributed by atoms with Gasteiger partial charge in [-0.2, -0.15) is 0 Å². The molecule has 0 saturated heterocycles. The highest BCUT2D eigenvalue weighted by Crippen LogP contribution is 2.17. The van der Waals surface area contributed by atoms with Crippen LogP contribution in [0.2, 0.25) is 0 Å². The molecule has 1 aromatic carbocycles. The molecule has 2 N–H and O–H groups in total. The smallest absolute Gasteiger partial charge is 0.245 e. The van der Waals surface area contributed by atoms with E-state index in [9.17, 15) is 9.00 Å². The molecule has 0 spiro atoms. The molecule has 1 atom stereocenters. The maximum absolute atomic E-state index is 12.2. The maximum Gasteiger partial charge on any atom is 0.245 e. The molecule has 17 heavy (non-hydrogen) atoms. The van der Waals surface area contributed by atoms with Gasteiger partial charge in [0.2, 0.25) is 5.91 Å². The van der Waals surface area contributed by atoms with Gasteiger partial charge in [-0.25, -0.2) is 8.51 Å². The SMILES string of the molecule is Cc1cccc(S(=O)N2CC=C(C(N)=O)C2)c1. The predicted molar refractivity (Wildman–Crippen MR) is 66.4 cm³/mol. The second kappa shape index (κ2) is 4.81. The molecule has 0 radical (unpaired) electrons. The molecule has 0 bridgehead atoms. The summed E-state index contributed by atoms with van der Waals surface area (Å²) >= 11 is 0. The van der Waals surface area contributed by atoms with Crippen LogP contribution in [0, 0.1) is 6.92 Å². The van der Waals surface area contributed by atoms with E-state index in [0.29, 0.717) is 18.7 Å². The minimum atomic E-state index is -1.23. The summed E-state index contributed by atoms with van der Waals surface area (Å²) in [4.78, 5) is 11.7. The molecule has 1 aliphatic heterocycles. The number of aryl methyl sites for hydroxylation is 1. The van der Waals surface area contributed by atoms with Crippen molar-refractivity contribution in [2.45, 2.75) is 11.8 Å². The fourth-order valence-electron chi connectivity index (χ4n) is 1.71. The summed E-state index contributed by atoms with van der Waals surface area (Å²) in [6.07, 6.45) is 1.73. The molecule has 0 saturated carbocycles. The van der Waals surface area contributed by atoms with Crippen molar-refractivity contribution in [2.75, 3.05) is 13.1 Å². The van der Waals surface area contributed by atoms with Crippen molar-refractivity contribution in [3.8, 4) is 0 Å². The zero-order chi connectivity index (χ0) is 12.4. The Morgan fingerprint density at radius 3 is 2.82 bits per heavy atom. The standard InChI is InChI=1S/C12H14N2O2S/c1-9-3-2-4-11(7-9)17(16)14-6-5-10(8-14)12(13)15/h2-5,7H,6,8H2,1H3,(H2,13,15). The number of benzene rings is 1. The van der Waals surface area contributed by atoms with Gasteiger partial charge in [-0.1, -0.05) is 18.2 Å². The van der Waals surface area contributed by atoms with Gasteiger partial charge in [-0.15, -0.1) is 0 Å². The van der Waals surface area contributed by atoms with Crippen LogP contribution in [0.15, 0.2) is 40.8 Å². The van der Waals surface area contributed by atoms with Crippen molar-refractivity contribution in [3.05, 3.63) is 41.5 Å². The van der Waals surface area contributed by atoms with Gasteiger partial charge in [0, 0.05) is 18.7 Å². The zero-order valence-corrected chi connectivity index (χ0v) is 10.4. The first-order chi connectivity index (χ1) is 8.08. The Morgan fingerprint density at radius 2 is 2.24 bits per heavy atom. The lowest BCUT2D eigenvalue weighted by atomic mass is 10.2. The van der Waals surface area contributed by atoms with Gasteiger partial charge in [0.25, 0.3) is 0 Å². The highest BCUT2D eigenvalue weighted by Gasteiger charge is 2.23. The molecule has 90 valence electrons. The Kier molecular flexibility index (Phi) is 3.40. The van der Waals surface area contributed by atoms with E-state index in [2.05, 4.69) is 0 Å². The minimum absolute atomic E-state index is 0.357. The summed E-state index contributed by atoms with van der Waals surface area (Å²) in [6, 6.07) is 7.54. The van der Waals surface area contributed by atoms with Crippen molar-refractivity contribution < 1.29 is 9.00 Å². The number of carbonyl (C=O) groups excluding carboxylic acids is 1. The number of hydrogen-bond acceptors (Lipinski definition) is 2. The van der Waals surface area contributed by atoms with E-state index in [1.165, 1.54) is 0 Å². The molecule has 1 aliphatic rings. The van der Waals surface area contributed by atoms with Gasteiger partial charge >= 0.3 is 0 Å². The number of carbonyl (C=O) groups is 1. The van der Waals surface area contributed by atoms with Crippen LogP contribution in [0.4, 0.5) is 0 Å². The van der Waals surface area contributed by atoms with Crippen LogP contribution in [0.1, 0.15) is 5.56 Å². The third kappa shape index (κ3) is 2.62. The number of amides is 1. The van der Waals surface area contributed by atoms with Crippen LogP contribution in [0.3, 0.4) is 0 Å². The van der Waals surface area contributed by atoms with Crippen molar-refractivity contribution in [2.24, 2.45) is 5.73 Å². The Labute approximate surface area is 103 Å². The molecule has 1 aromatic rings. The van der Waals surface area contributed by atoms with E-state index in [4.69, 9.17) is 5.73 Å². The summed E-state index contributed by atoms with van der Waals surface area (Å²) in [5.74, 6) is -0.436. The molecular weight excluding hydrogens is 236 g/mol. The lowest BCUT2D eigenvalue weighted by Gasteiger charge is -2.14. The molecule has 5 heteroatoms. The lowest BCUT2D eigenvalue weighted by molar-refractivity contribution is -0.114. The highest BCUT2D eigenvalue weighted by molar-refractivity contribution is 7.82. The van der Waals surface area contributed by atoms with Crippen LogP contribution >= 0.6 is 0 Å². The lowest BCUT2D eigenvalue weighted by Crippen LogP contribution is -2.26. The highest BCUT2D eigenvalue weighted by atomic mass is 32.2. The number of nitrogens with zero attached hydrogens (tertiary/aromatic N) is 1. The summed E-state index contributed by atoms with van der Waals surface area (Å²) in [6.45, 7) is 2.81. The zero-order valence-electron chi connectivity index (χ0n) is 9.55. The predicted octanol–water partition coefficient (Wildman–Crippen LogP) is 0.745. The molecule has 0 aromatic heterocycles. The Balaban J connectivity index is 2.11. The maximum atomic E-state index is 12.2. The van der Waals surface area contributed by atoms with Gasteiger partial charge < -0.3 is 5.73 Å². The second-order valence-electron chi connectivity index (χ2n) is 3.98. The fourth-order valence-corrected chi connectivity index (χ4v) is 2.96. The molecule has 2 rings (SSSR count). The fraction of sp³-hybridized carbons (Fsp3) is 0.250. The van der Waals surface area contributed by atoms with Crippen molar-refractivity contribution >= 4 is 16.9 Å². The van der Waals surface area contributed by atoms with Gasteiger partial charge in [0.1, 0.15) is 11.0 Å². The Bertz CT molecular complexity index is 511. The average molecular weight is 250 g/mol. The Hall–Kier alpha value is -1.46. The molecule has 0 aliphatic carbocycles. The third-order valence-electron chi connectivity index (χ3n) is 2.63. The van der Waals surface area contributed by atoms with Gasteiger partial charge in [0.05, 0.1) is 4.90 Å². The molecule has 1 heterocycles. The van der Waals surface area contributed by atoms with Crippen molar-refractivity contribution in [1.82, 2.24) is 4.31 Å².